The first-order valence-electron chi connectivity index (χ1n) is 9.26. The van der Waals surface area contributed by atoms with Crippen molar-refractivity contribution in [3.63, 3.8) is 0 Å². The first-order valence-corrected chi connectivity index (χ1v) is 10.1. The number of aromatic amines is 1. The van der Waals surface area contributed by atoms with Gasteiger partial charge in [0, 0.05) is 31.2 Å². The van der Waals surface area contributed by atoms with Gasteiger partial charge in [0.2, 0.25) is 5.43 Å². The fourth-order valence-corrected chi connectivity index (χ4v) is 4.74. The molecule has 0 radical (unpaired) electrons. The summed E-state index contributed by atoms with van der Waals surface area (Å²) in [4.78, 5) is 36.8. The minimum Gasteiger partial charge on any atom is -0.330 e. The molecule has 4 N–H and O–H groups in total. The Bertz CT molecular complexity index is 1270. The van der Waals surface area contributed by atoms with Crippen molar-refractivity contribution in [1.29, 1.82) is 0 Å². The molecule has 1 aliphatic heterocycles. The second-order valence-electron chi connectivity index (χ2n) is 7.28. The van der Waals surface area contributed by atoms with Crippen LogP contribution in [0.4, 0.5) is 10.2 Å². The van der Waals surface area contributed by atoms with Gasteiger partial charge in [-0.1, -0.05) is 0 Å². The molecule has 152 valence electrons. The molecule has 29 heavy (non-hydrogen) atoms. The lowest BCUT2D eigenvalue weighted by atomic mass is 10.1. The number of nitrogens with two attached hydrogens (primary N) is 1. The minimum atomic E-state index is -0.631. The summed E-state index contributed by atoms with van der Waals surface area (Å²) in [6.45, 7) is 0.795. The number of nitrogens with zero attached hydrogens (tertiary/aromatic N) is 3. The number of hydroxylamine groups is 1. The van der Waals surface area contributed by atoms with E-state index >= 15 is 4.39 Å². The Labute approximate surface area is 167 Å². The van der Waals surface area contributed by atoms with Crippen LogP contribution in [0.15, 0.2) is 27.6 Å². The first kappa shape index (κ1) is 18.3. The largest absolute Gasteiger partial charge is 0.330 e. The van der Waals surface area contributed by atoms with Gasteiger partial charge in [0.15, 0.2) is 11.6 Å². The number of aromatic nitrogens is 3. The summed E-state index contributed by atoms with van der Waals surface area (Å²) in [6, 6.07) is 1.33. The smallest absolute Gasteiger partial charge is 0.271 e. The molecule has 0 bridgehead atoms. The van der Waals surface area contributed by atoms with Gasteiger partial charge in [-0.3, -0.25) is 24.3 Å². The van der Waals surface area contributed by atoms with Gasteiger partial charge >= 0.3 is 0 Å². The van der Waals surface area contributed by atoms with E-state index in [0.29, 0.717) is 23.6 Å². The van der Waals surface area contributed by atoms with Crippen LogP contribution in [0.2, 0.25) is 0 Å². The number of hydrogen-bond acceptors (Lipinski definition) is 8. The molecule has 5 rings (SSSR count). The van der Waals surface area contributed by atoms with Gasteiger partial charge in [-0.25, -0.2) is 9.37 Å². The molecule has 0 spiro atoms. The maximum atomic E-state index is 15.0. The number of anilines is 1. The van der Waals surface area contributed by atoms with Crippen molar-refractivity contribution in [2.45, 2.75) is 18.9 Å². The van der Waals surface area contributed by atoms with Gasteiger partial charge < -0.3 is 15.2 Å². The number of fused-ring (bicyclic) bond motifs is 2. The Hall–Kier alpha value is -2.76. The summed E-state index contributed by atoms with van der Waals surface area (Å²) < 4.78 is 19.5. The third kappa shape index (κ3) is 2.76. The first-order chi connectivity index (χ1) is 14.0. The summed E-state index contributed by atoms with van der Waals surface area (Å²) in [7, 11) is 1.49. The molecule has 9 nitrogen and oxygen atoms in total. The van der Waals surface area contributed by atoms with Gasteiger partial charge in [-0.2, -0.15) is 0 Å². The number of hydrogen-bond donors (Lipinski definition) is 3. The highest BCUT2D eigenvalue weighted by Gasteiger charge is 2.32. The standard InChI is InChI=1S/C18H19FN6O3S/c1-28-22-12-7-24(6-8(12)5-20)16-11(19)4-10-14(26)13-17(27)23-29-18(13)25(9-2-3-9)15(10)21-16/h4,7-9,22H,2-3,5-6,20H2,1H3,(H,23,27). The summed E-state index contributed by atoms with van der Waals surface area (Å²) in [5.74, 6) is -0.580. The fourth-order valence-electron chi connectivity index (χ4n) is 3.83. The fraction of sp³-hybridized carbons (Fsp3) is 0.389. The number of halogens is 1. The number of nitrogens with one attached hydrogen (secondary N) is 2. The molecule has 1 aliphatic carbocycles. The van der Waals surface area contributed by atoms with Crippen LogP contribution in [-0.2, 0) is 4.84 Å². The van der Waals surface area contributed by atoms with E-state index in [1.807, 2.05) is 4.57 Å². The van der Waals surface area contributed by atoms with Crippen LogP contribution in [0.1, 0.15) is 18.9 Å². The van der Waals surface area contributed by atoms with E-state index in [9.17, 15) is 9.59 Å². The van der Waals surface area contributed by atoms with E-state index in [4.69, 9.17) is 10.6 Å². The van der Waals surface area contributed by atoms with Crippen LogP contribution < -0.4 is 27.1 Å². The highest BCUT2D eigenvalue weighted by molar-refractivity contribution is 7.12. The minimum absolute atomic E-state index is 0.0603. The van der Waals surface area contributed by atoms with Crippen molar-refractivity contribution in [2.24, 2.45) is 11.7 Å². The lowest BCUT2D eigenvalue weighted by Crippen LogP contribution is -2.28. The van der Waals surface area contributed by atoms with E-state index in [2.05, 4.69) is 14.8 Å². The third-order valence-corrected chi connectivity index (χ3v) is 6.26. The molecule has 0 amide bonds. The van der Waals surface area contributed by atoms with Crippen LogP contribution in [0.5, 0.6) is 0 Å². The lowest BCUT2D eigenvalue weighted by Gasteiger charge is -2.19. The zero-order valence-corrected chi connectivity index (χ0v) is 16.4. The van der Waals surface area contributed by atoms with Crippen LogP contribution in [0.25, 0.3) is 21.3 Å². The average Bonchev–Trinajstić information content (AvgIpc) is 3.35. The molecule has 1 unspecified atom stereocenters. The summed E-state index contributed by atoms with van der Waals surface area (Å²) in [6.07, 6.45) is 3.56. The average molecular weight is 418 g/mol. The number of H-pyrrole nitrogens is 1. The summed E-state index contributed by atoms with van der Waals surface area (Å²) in [5, 5.41) is 0.183. The van der Waals surface area contributed by atoms with Crippen molar-refractivity contribution in [3.8, 4) is 0 Å². The van der Waals surface area contributed by atoms with E-state index in [1.54, 1.807) is 11.1 Å². The molecular formula is C18H19FN6O3S. The zero-order valence-electron chi connectivity index (χ0n) is 15.6. The maximum absolute atomic E-state index is 15.0. The Morgan fingerprint density at radius 3 is 2.93 bits per heavy atom. The van der Waals surface area contributed by atoms with Crippen molar-refractivity contribution >= 4 is 38.6 Å². The molecule has 1 saturated carbocycles. The molecule has 0 aromatic carbocycles. The zero-order chi connectivity index (χ0) is 20.3. The van der Waals surface area contributed by atoms with Gasteiger partial charge in [0.05, 0.1) is 18.2 Å². The predicted molar refractivity (Wildman–Crippen MR) is 108 cm³/mol. The Morgan fingerprint density at radius 2 is 2.24 bits per heavy atom. The molecule has 11 heteroatoms. The predicted octanol–water partition coefficient (Wildman–Crippen LogP) is 1.16. The second-order valence-corrected chi connectivity index (χ2v) is 8.08. The Kier molecular flexibility index (Phi) is 4.19. The van der Waals surface area contributed by atoms with Crippen molar-refractivity contribution < 1.29 is 9.23 Å². The molecule has 1 fully saturated rings. The molecule has 2 aliphatic rings. The molecule has 0 saturated heterocycles. The lowest BCUT2D eigenvalue weighted by molar-refractivity contribution is 0.110. The number of pyridine rings is 2. The van der Waals surface area contributed by atoms with Crippen molar-refractivity contribution in [1.82, 2.24) is 19.4 Å². The number of rotatable bonds is 5. The van der Waals surface area contributed by atoms with Crippen LogP contribution in [-0.4, -0.2) is 34.1 Å². The molecule has 4 heterocycles. The topological polar surface area (TPSA) is 118 Å². The van der Waals surface area contributed by atoms with E-state index in [0.717, 1.165) is 30.1 Å². The second kappa shape index (κ2) is 6.65. The van der Waals surface area contributed by atoms with E-state index in [-0.39, 0.29) is 28.6 Å². The van der Waals surface area contributed by atoms with Gasteiger partial charge in [-0.15, -0.1) is 0 Å². The maximum Gasteiger partial charge on any atom is 0.271 e. The highest BCUT2D eigenvalue weighted by Crippen LogP contribution is 2.40. The Balaban J connectivity index is 1.74. The monoisotopic (exact) mass is 418 g/mol. The van der Waals surface area contributed by atoms with Crippen molar-refractivity contribution in [2.75, 3.05) is 25.1 Å². The van der Waals surface area contributed by atoms with E-state index < -0.39 is 16.8 Å². The molecule has 1 atom stereocenters. The van der Waals surface area contributed by atoms with E-state index in [1.165, 1.54) is 13.2 Å². The van der Waals surface area contributed by atoms with Gasteiger partial charge in [-0.05, 0) is 30.4 Å². The summed E-state index contributed by atoms with van der Waals surface area (Å²) >= 11 is 1.11. The molecule has 3 aromatic rings. The molecule has 3 aromatic heterocycles. The Morgan fingerprint density at radius 1 is 1.45 bits per heavy atom. The van der Waals surface area contributed by atoms with Gasteiger partial charge in [0.25, 0.3) is 5.56 Å². The van der Waals surface area contributed by atoms with Gasteiger partial charge in [0.1, 0.15) is 15.9 Å². The third-order valence-electron chi connectivity index (χ3n) is 5.38. The quantitative estimate of drug-likeness (QED) is 0.532. The van der Waals surface area contributed by atoms with Crippen LogP contribution in [0.3, 0.4) is 0 Å². The summed E-state index contributed by atoms with van der Waals surface area (Å²) in [5.41, 5.74) is 8.78. The SMILES string of the molecule is CONC1=CN(c2nc3c(cc2F)c(=O)c2c(=O)[nH]sc2n3C2CC2)CC1CN. The van der Waals surface area contributed by atoms with Crippen LogP contribution >= 0.6 is 11.5 Å². The normalized spacial score (nSPS) is 19.3. The molecular weight excluding hydrogens is 399 g/mol. The van der Waals surface area contributed by atoms with Crippen molar-refractivity contribution in [3.05, 3.63) is 44.4 Å². The van der Waals surface area contributed by atoms with Crippen LogP contribution in [0, 0.1) is 11.7 Å². The highest BCUT2D eigenvalue weighted by atomic mass is 32.1.